The van der Waals surface area contributed by atoms with Crippen molar-refractivity contribution in [2.24, 2.45) is 0 Å². The van der Waals surface area contributed by atoms with E-state index in [1.807, 2.05) is 6.92 Å². The van der Waals surface area contributed by atoms with Gasteiger partial charge in [0.05, 0.1) is 6.33 Å². The van der Waals surface area contributed by atoms with Gasteiger partial charge >= 0.3 is 0 Å². The average molecular weight is 224 g/mol. The first-order chi connectivity index (χ1) is 7.66. The number of fused-ring (bicyclic) bond motifs is 2. The van der Waals surface area contributed by atoms with Crippen molar-refractivity contribution in [3.8, 4) is 0 Å². The topological polar surface area (TPSA) is 95.8 Å². The number of hydrogen-bond acceptors (Lipinski definition) is 5. The lowest BCUT2D eigenvalue weighted by Gasteiger charge is -2.28. The van der Waals surface area contributed by atoms with Gasteiger partial charge in [-0.15, -0.1) is 0 Å². The zero-order valence-electron chi connectivity index (χ0n) is 8.64. The van der Waals surface area contributed by atoms with Crippen molar-refractivity contribution in [2.75, 3.05) is 5.32 Å². The molecule has 1 aliphatic rings. The summed E-state index contributed by atoms with van der Waals surface area (Å²) in [6.45, 7) is 1.92. The summed E-state index contributed by atoms with van der Waals surface area (Å²) in [6.07, 6.45) is 1.06. The second-order valence-corrected chi connectivity index (χ2v) is 3.97. The van der Waals surface area contributed by atoms with Crippen LogP contribution in [0, 0.1) is 0 Å². The van der Waals surface area contributed by atoms with Gasteiger partial charge < -0.3 is 15.4 Å². The third-order valence-corrected chi connectivity index (χ3v) is 2.73. The van der Waals surface area contributed by atoms with Crippen molar-refractivity contribution >= 4 is 17.1 Å². The van der Waals surface area contributed by atoms with Crippen molar-refractivity contribution in [3.63, 3.8) is 0 Å². The monoisotopic (exact) mass is 224 g/mol. The highest BCUT2D eigenvalue weighted by Crippen LogP contribution is 2.22. The molecule has 0 spiro atoms. The van der Waals surface area contributed by atoms with Gasteiger partial charge in [0.25, 0.3) is 5.56 Å². The molecule has 2 atom stereocenters. The van der Waals surface area contributed by atoms with Crippen molar-refractivity contribution in [3.05, 3.63) is 16.7 Å². The van der Waals surface area contributed by atoms with Gasteiger partial charge in [0, 0.05) is 12.5 Å². The van der Waals surface area contributed by atoms with Crippen LogP contribution in [0.5, 0.6) is 0 Å². The maximum atomic E-state index is 12.0. The Hall–Kier alpha value is -1.89. The summed E-state index contributed by atoms with van der Waals surface area (Å²) in [5.41, 5.74) is 0.383. The molecule has 0 radical (unpaired) electrons. The maximum Gasteiger partial charge on any atom is 0.283 e. The number of aliphatic hydroxyl groups is 1. The smallest absolute Gasteiger partial charge is 0.283 e. The van der Waals surface area contributed by atoms with E-state index in [1.54, 1.807) is 0 Å². The Kier molecular flexibility index (Phi) is 1.78. The van der Waals surface area contributed by atoms with E-state index in [9.17, 15) is 9.90 Å². The normalized spacial score (nSPS) is 24.1. The molecule has 3 N–H and O–H groups in total. The molecule has 0 saturated carbocycles. The van der Waals surface area contributed by atoms with Crippen LogP contribution in [0.3, 0.4) is 0 Å². The molecule has 7 heteroatoms. The first-order valence-corrected chi connectivity index (χ1v) is 5.07. The summed E-state index contributed by atoms with van der Waals surface area (Å²) in [5, 5.41) is 12.9. The van der Waals surface area contributed by atoms with Gasteiger partial charge in [-0.3, -0.25) is 4.79 Å². The summed E-state index contributed by atoms with van der Waals surface area (Å²) in [4.78, 5) is 22.8. The quantitative estimate of drug-likeness (QED) is 0.576. The minimum absolute atomic E-state index is 0.0818. The fourth-order valence-electron chi connectivity index (χ4n) is 1.98. The van der Waals surface area contributed by atoms with Crippen molar-refractivity contribution in [1.29, 1.82) is 0 Å². The zero-order valence-corrected chi connectivity index (χ0v) is 8.64. The minimum atomic E-state index is -0.834. The predicted octanol–water partition coefficient (Wildman–Crippen LogP) is -0.185. The van der Waals surface area contributed by atoms with Gasteiger partial charge in [-0.2, -0.15) is 4.98 Å². The number of hydrogen-bond donors (Lipinski definition) is 3. The number of rotatable bonds is 0. The molecule has 0 amide bonds. The third-order valence-electron chi connectivity index (χ3n) is 2.73. The summed E-state index contributed by atoms with van der Waals surface area (Å²) < 4.78 is 1.25. The van der Waals surface area contributed by atoms with Gasteiger partial charge in [-0.05, 0) is 6.92 Å². The first kappa shape index (κ1) is 9.34. The van der Waals surface area contributed by atoms with E-state index in [0.717, 1.165) is 0 Å². The lowest BCUT2D eigenvalue weighted by Crippen LogP contribution is -2.37. The van der Waals surface area contributed by atoms with Crippen molar-refractivity contribution < 1.29 is 5.11 Å². The molecule has 1 aliphatic heterocycles. The summed E-state index contributed by atoms with van der Waals surface area (Å²) >= 11 is 0. The number of nitrogens with zero attached hydrogens (tertiary/aromatic N) is 3. The molecule has 2 unspecified atom stereocenters. The average Bonchev–Trinajstić information content (AvgIpc) is 2.64. The summed E-state index contributed by atoms with van der Waals surface area (Å²) in [7, 11) is 0. The molecular formula is C9H11N5O2. The summed E-state index contributed by atoms with van der Waals surface area (Å²) in [5.74, 6) is 0.371. The Morgan fingerprint density at radius 1 is 1.62 bits per heavy atom. The van der Waals surface area contributed by atoms with Crippen LogP contribution in [0.25, 0.3) is 11.2 Å². The van der Waals surface area contributed by atoms with E-state index in [0.29, 0.717) is 23.5 Å². The second-order valence-electron chi connectivity index (χ2n) is 3.97. The number of H-pyrrole nitrogens is 1. The van der Waals surface area contributed by atoms with Crippen LogP contribution < -0.4 is 10.9 Å². The third kappa shape index (κ3) is 1.15. The molecule has 84 valence electrons. The molecule has 2 aromatic heterocycles. The number of aromatic amines is 1. The Morgan fingerprint density at radius 2 is 2.44 bits per heavy atom. The van der Waals surface area contributed by atoms with Crippen LogP contribution in [0.2, 0.25) is 0 Å². The molecule has 0 fully saturated rings. The van der Waals surface area contributed by atoms with E-state index in [2.05, 4.69) is 20.3 Å². The first-order valence-electron chi connectivity index (χ1n) is 5.07. The van der Waals surface area contributed by atoms with E-state index in [4.69, 9.17) is 0 Å². The standard InChI is InChI=1S/C9H11N5O2/c1-4-2-5(15)14-8(16)6-7(11-3-10-6)13-9(14)12-4/h3-5,15H,2H2,1H3,(H,10,11)(H,12,13)/i6+1,7+1,10+1. The number of anilines is 1. The Balaban J connectivity index is 2.35. The van der Waals surface area contributed by atoms with Crippen LogP contribution in [0.4, 0.5) is 5.95 Å². The van der Waals surface area contributed by atoms with Crippen LogP contribution in [-0.2, 0) is 0 Å². The van der Waals surface area contributed by atoms with E-state index in [1.165, 1.54) is 10.9 Å². The summed E-state index contributed by atoms with van der Waals surface area (Å²) in [6, 6.07) is 0.0818. The number of imidazole rings is 1. The van der Waals surface area contributed by atoms with E-state index >= 15 is 0 Å². The molecule has 3 rings (SSSR count). The highest BCUT2D eigenvalue weighted by Gasteiger charge is 2.25. The minimum Gasteiger partial charge on any atom is -0.373 e. The SMILES string of the molecule is CC1CC(O)n2c(n[13c]3nc[15nH][13c]3c2=O)N1. The molecule has 7 nitrogen and oxygen atoms in total. The lowest BCUT2D eigenvalue weighted by atomic mass is 10.2. The van der Waals surface area contributed by atoms with Gasteiger partial charge in [0.1, 0.15) is 6.23 Å². The predicted molar refractivity (Wildman–Crippen MR) is 57.1 cm³/mol. The van der Waals surface area contributed by atoms with Crippen molar-refractivity contribution in [2.45, 2.75) is 25.6 Å². The Labute approximate surface area is 90.2 Å². The van der Waals surface area contributed by atoms with Crippen molar-refractivity contribution in [1.82, 2.24) is 19.5 Å². The lowest BCUT2D eigenvalue weighted by molar-refractivity contribution is 0.0805. The molecule has 2 aromatic rings. The van der Waals surface area contributed by atoms with Crippen LogP contribution in [-0.4, -0.2) is 30.7 Å². The molecule has 0 bridgehead atoms. The number of aromatic nitrogens is 4. The highest BCUT2D eigenvalue weighted by atomic mass is 16.3. The van der Waals surface area contributed by atoms with Crippen LogP contribution >= 0.6 is 0 Å². The highest BCUT2D eigenvalue weighted by molar-refractivity contribution is 5.70. The molecule has 0 aliphatic carbocycles. The fraction of sp³-hybridized carbons (Fsp3) is 0.444. The Morgan fingerprint density at radius 3 is 3.25 bits per heavy atom. The second kappa shape index (κ2) is 3.05. The van der Waals surface area contributed by atoms with Crippen LogP contribution in [0.15, 0.2) is 11.1 Å². The fourth-order valence-corrected chi connectivity index (χ4v) is 1.98. The molecule has 16 heavy (non-hydrogen) atoms. The maximum absolute atomic E-state index is 12.0. The van der Waals surface area contributed by atoms with E-state index < -0.39 is 6.23 Å². The van der Waals surface area contributed by atoms with E-state index in [-0.39, 0.29) is 11.6 Å². The van der Waals surface area contributed by atoms with Gasteiger partial charge in [-0.25, -0.2) is 9.55 Å². The molecule has 3 heterocycles. The zero-order chi connectivity index (χ0) is 11.3. The molecule has 0 aromatic carbocycles. The Bertz CT molecular complexity index is 601. The van der Waals surface area contributed by atoms with Gasteiger partial charge in [-0.1, -0.05) is 0 Å². The van der Waals surface area contributed by atoms with Crippen LogP contribution in [0.1, 0.15) is 19.6 Å². The van der Waals surface area contributed by atoms with Gasteiger partial charge in [0.2, 0.25) is 5.95 Å². The molecular weight excluding hydrogens is 213 g/mol. The number of aliphatic hydroxyl groups excluding tert-OH is 1. The largest absolute Gasteiger partial charge is 0.373 e. The molecule has 0 saturated heterocycles. The van der Waals surface area contributed by atoms with Gasteiger partial charge in [0.15, 0.2) is 11.2 Å². The number of nitrogens with one attached hydrogen (secondary N) is 2.